The van der Waals surface area contributed by atoms with Crippen molar-refractivity contribution < 1.29 is 4.74 Å². The Morgan fingerprint density at radius 1 is 1.05 bits per heavy atom. The lowest BCUT2D eigenvalue weighted by atomic mass is 9.98. The fourth-order valence-corrected chi connectivity index (χ4v) is 3.03. The molecule has 0 amide bonds. The average molecular weight is 281 g/mol. The molecule has 0 aromatic heterocycles. The van der Waals surface area contributed by atoms with Crippen LogP contribution in [0.5, 0.6) is 0 Å². The van der Waals surface area contributed by atoms with Gasteiger partial charge in [-0.15, -0.1) is 0 Å². The molecule has 3 rings (SSSR count). The van der Waals surface area contributed by atoms with Crippen molar-refractivity contribution in [2.75, 3.05) is 18.1 Å². The summed E-state index contributed by atoms with van der Waals surface area (Å²) in [6.07, 6.45) is 2.51. The van der Waals surface area contributed by atoms with Crippen molar-refractivity contribution >= 4 is 5.69 Å². The predicted octanol–water partition coefficient (Wildman–Crippen LogP) is 4.56. The molecule has 0 radical (unpaired) electrons. The molecule has 1 aliphatic heterocycles. The van der Waals surface area contributed by atoms with E-state index in [1.165, 1.54) is 16.8 Å². The quantitative estimate of drug-likeness (QED) is 0.817. The normalized spacial score (nSPS) is 18.7. The summed E-state index contributed by atoms with van der Waals surface area (Å²) in [7, 11) is 0. The minimum atomic E-state index is 0.254. The standard InChI is InChI=1S/C19H23NO/c1-2-8-19-18-12-7-6-9-16(18)15-20(13-14-21-19)17-10-4-3-5-11-17/h3-7,9-12,19H,2,8,13-15H2,1H3. The molecule has 0 aliphatic carbocycles. The molecule has 110 valence electrons. The van der Waals surface area contributed by atoms with Crippen LogP contribution in [0.2, 0.25) is 0 Å². The van der Waals surface area contributed by atoms with Crippen molar-refractivity contribution in [1.29, 1.82) is 0 Å². The first-order valence-corrected chi connectivity index (χ1v) is 7.88. The molecule has 2 aromatic rings. The number of para-hydroxylation sites is 1. The van der Waals surface area contributed by atoms with Gasteiger partial charge < -0.3 is 9.64 Å². The van der Waals surface area contributed by atoms with Gasteiger partial charge in [-0.05, 0) is 29.7 Å². The van der Waals surface area contributed by atoms with E-state index >= 15 is 0 Å². The Labute approximate surface area is 127 Å². The van der Waals surface area contributed by atoms with Gasteiger partial charge in [0.2, 0.25) is 0 Å². The Balaban J connectivity index is 1.90. The summed E-state index contributed by atoms with van der Waals surface area (Å²) in [4.78, 5) is 2.40. The van der Waals surface area contributed by atoms with E-state index < -0.39 is 0 Å². The van der Waals surface area contributed by atoms with E-state index in [9.17, 15) is 0 Å². The van der Waals surface area contributed by atoms with Gasteiger partial charge >= 0.3 is 0 Å². The van der Waals surface area contributed by atoms with E-state index in [1.54, 1.807) is 0 Å². The molecule has 0 fully saturated rings. The third-order valence-corrected chi connectivity index (χ3v) is 4.12. The molecule has 0 N–H and O–H groups in total. The van der Waals surface area contributed by atoms with Crippen molar-refractivity contribution in [2.24, 2.45) is 0 Å². The molecule has 2 heteroatoms. The third kappa shape index (κ3) is 3.27. The minimum Gasteiger partial charge on any atom is -0.372 e. The van der Waals surface area contributed by atoms with Gasteiger partial charge in [-0.3, -0.25) is 0 Å². The van der Waals surface area contributed by atoms with Gasteiger partial charge in [0.15, 0.2) is 0 Å². The number of benzene rings is 2. The number of hydrogen-bond donors (Lipinski definition) is 0. The SMILES string of the molecule is CCCC1OCCN(c2ccccc2)Cc2ccccc21. The summed E-state index contributed by atoms with van der Waals surface area (Å²) in [6.45, 7) is 4.91. The van der Waals surface area contributed by atoms with Gasteiger partial charge in [0, 0.05) is 18.8 Å². The molecule has 0 bridgehead atoms. The van der Waals surface area contributed by atoms with Gasteiger partial charge in [-0.25, -0.2) is 0 Å². The van der Waals surface area contributed by atoms with Crippen LogP contribution in [-0.4, -0.2) is 13.2 Å². The number of ether oxygens (including phenoxy) is 1. The molecule has 2 nitrogen and oxygen atoms in total. The second-order valence-electron chi connectivity index (χ2n) is 5.60. The highest BCUT2D eigenvalue weighted by molar-refractivity contribution is 5.47. The zero-order chi connectivity index (χ0) is 14.5. The van der Waals surface area contributed by atoms with Crippen LogP contribution in [0.25, 0.3) is 0 Å². The predicted molar refractivity (Wildman–Crippen MR) is 87.5 cm³/mol. The Morgan fingerprint density at radius 3 is 2.62 bits per heavy atom. The van der Waals surface area contributed by atoms with Crippen molar-refractivity contribution in [3.05, 3.63) is 65.7 Å². The summed E-state index contributed by atoms with van der Waals surface area (Å²) in [5, 5.41) is 0. The van der Waals surface area contributed by atoms with Crippen LogP contribution in [0, 0.1) is 0 Å². The lowest BCUT2D eigenvalue weighted by Crippen LogP contribution is -2.30. The maximum absolute atomic E-state index is 6.16. The molecule has 1 aliphatic rings. The summed E-state index contributed by atoms with van der Waals surface area (Å²) in [6, 6.07) is 19.3. The number of anilines is 1. The topological polar surface area (TPSA) is 12.5 Å². The van der Waals surface area contributed by atoms with Crippen LogP contribution in [0.1, 0.15) is 37.0 Å². The molecule has 21 heavy (non-hydrogen) atoms. The molecular formula is C19H23NO. The second kappa shape index (κ2) is 6.77. The Hall–Kier alpha value is -1.80. The number of rotatable bonds is 3. The minimum absolute atomic E-state index is 0.254. The van der Waals surface area contributed by atoms with Gasteiger partial charge in [-0.2, -0.15) is 0 Å². The Morgan fingerprint density at radius 2 is 1.81 bits per heavy atom. The highest BCUT2D eigenvalue weighted by Gasteiger charge is 2.20. The van der Waals surface area contributed by atoms with Gasteiger partial charge in [0.1, 0.15) is 0 Å². The van der Waals surface area contributed by atoms with E-state index in [1.807, 2.05) is 0 Å². The maximum atomic E-state index is 6.16. The molecule has 0 saturated carbocycles. The van der Waals surface area contributed by atoms with Crippen LogP contribution in [-0.2, 0) is 11.3 Å². The highest BCUT2D eigenvalue weighted by Crippen LogP contribution is 2.30. The van der Waals surface area contributed by atoms with Crippen LogP contribution in [0.15, 0.2) is 54.6 Å². The smallest absolute Gasteiger partial charge is 0.0829 e. The lowest BCUT2D eigenvalue weighted by molar-refractivity contribution is 0.0474. The summed E-state index contributed by atoms with van der Waals surface area (Å²) >= 11 is 0. The molecule has 0 saturated heterocycles. The average Bonchev–Trinajstić information content (AvgIpc) is 2.52. The van der Waals surface area contributed by atoms with Crippen molar-refractivity contribution in [3.8, 4) is 0 Å². The van der Waals surface area contributed by atoms with Gasteiger partial charge in [-0.1, -0.05) is 55.8 Å². The monoisotopic (exact) mass is 281 g/mol. The van der Waals surface area contributed by atoms with Crippen LogP contribution >= 0.6 is 0 Å². The third-order valence-electron chi connectivity index (χ3n) is 4.12. The zero-order valence-electron chi connectivity index (χ0n) is 12.7. The first-order valence-electron chi connectivity index (χ1n) is 7.88. The van der Waals surface area contributed by atoms with Gasteiger partial charge in [0.25, 0.3) is 0 Å². The molecule has 1 heterocycles. The fraction of sp³-hybridized carbons (Fsp3) is 0.368. The first kappa shape index (κ1) is 14.2. The van der Waals surface area contributed by atoms with Crippen LogP contribution in [0.3, 0.4) is 0 Å². The highest BCUT2D eigenvalue weighted by atomic mass is 16.5. The van der Waals surface area contributed by atoms with Crippen LogP contribution in [0.4, 0.5) is 5.69 Å². The summed E-state index contributed by atoms with van der Waals surface area (Å²) in [5.74, 6) is 0. The molecule has 1 atom stereocenters. The van der Waals surface area contributed by atoms with Crippen molar-refractivity contribution in [2.45, 2.75) is 32.4 Å². The molecular weight excluding hydrogens is 258 g/mol. The van der Waals surface area contributed by atoms with E-state index in [0.717, 1.165) is 32.5 Å². The number of nitrogens with zero attached hydrogens (tertiary/aromatic N) is 1. The van der Waals surface area contributed by atoms with Crippen molar-refractivity contribution in [1.82, 2.24) is 0 Å². The molecule has 2 aromatic carbocycles. The molecule has 0 spiro atoms. The number of hydrogen-bond acceptors (Lipinski definition) is 2. The van der Waals surface area contributed by atoms with E-state index in [-0.39, 0.29) is 6.10 Å². The molecule has 1 unspecified atom stereocenters. The largest absolute Gasteiger partial charge is 0.372 e. The maximum Gasteiger partial charge on any atom is 0.0829 e. The van der Waals surface area contributed by atoms with E-state index in [4.69, 9.17) is 4.74 Å². The second-order valence-corrected chi connectivity index (χ2v) is 5.60. The lowest BCUT2D eigenvalue weighted by Gasteiger charge is -2.31. The number of fused-ring (bicyclic) bond motifs is 1. The van der Waals surface area contributed by atoms with Crippen LogP contribution < -0.4 is 4.90 Å². The first-order chi connectivity index (χ1) is 10.4. The summed E-state index contributed by atoms with van der Waals surface area (Å²) in [5.41, 5.74) is 4.02. The summed E-state index contributed by atoms with van der Waals surface area (Å²) < 4.78 is 6.16. The fourth-order valence-electron chi connectivity index (χ4n) is 3.03. The van der Waals surface area contributed by atoms with E-state index in [2.05, 4.69) is 66.4 Å². The van der Waals surface area contributed by atoms with Crippen molar-refractivity contribution in [3.63, 3.8) is 0 Å². The van der Waals surface area contributed by atoms with E-state index in [0.29, 0.717) is 0 Å². The van der Waals surface area contributed by atoms with Gasteiger partial charge in [0.05, 0.1) is 12.7 Å². The zero-order valence-corrected chi connectivity index (χ0v) is 12.7. The Bertz CT molecular complexity index is 567. The Kier molecular flexibility index (Phi) is 4.56.